The molecule has 1 aliphatic rings. The van der Waals surface area contributed by atoms with E-state index in [9.17, 15) is 9.59 Å². The minimum atomic E-state index is -0.134. The topological polar surface area (TPSA) is 58.6 Å². The highest BCUT2D eigenvalue weighted by Gasteiger charge is 2.32. The summed E-state index contributed by atoms with van der Waals surface area (Å²) in [5.41, 5.74) is 2.35. The van der Waals surface area contributed by atoms with Crippen LogP contribution < -0.4 is 5.32 Å². The molecule has 2 atom stereocenters. The number of hydrogen-bond acceptors (Lipinski definition) is 3. The number of anilines is 1. The summed E-state index contributed by atoms with van der Waals surface area (Å²) in [6, 6.07) is 16.8. The Labute approximate surface area is 147 Å². The van der Waals surface area contributed by atoms with Crippen LogP contribution in [-0.4, -0.2) is 36.0 Å². The third-order valence-corrected chi connectivity index (χ3v) is 4.27. The molecule has 2 amide bonds. The van der Waals surface area contributed by atoms with Crippen molar-refractivity contribution in [3.8, 4) is 0 Å². The van der Waals surface area contributed by atoms with Crippen molar-refractivity contribution in [2.45, 2.75) is 26.0 Å². The zero-order chi connectivity index (χ0) is 17.8. The van der Waals surface area contributed by atoms with Gasteiger partial charge >= 0.3 is 0 Å². The second-order valence-electron chi connectivity index (χ2n) is 6.29. The van der Waals surface area contributed by atoms with Gasteiger partial charge in [-0.05, 0) is 36.8 Å². The summed E-state index contributed by atoms with van der Waals surface area (Å²) < 4.78 is 5.78. The number of carbonyl (C=O) groups is 2. The number of nitrogens with one attached hydrogen (secondary N) is 1. The molecule has 5 nitrogen and oxygen atoms in total. The standard InChI is InChI=1S/C20H22N2O3/c1-14-12-22(19(13-25-14)16-6-4-3-5-7-16)20(24)17-8-10-18(11-9-17)21-15(2)23/h3-11,14,19H,12-13H2,1-2H3,(H,21,23)/t14-,19-/m0/s1. The van der Waals surface area contributed by atoms with E-state index in [4.69, 9.17) is 4.74 Å². The molecular formula is C20H22N2O3. The van der Waals surface area contributed by atoms with Gasteiger partial charge in [-0.2, -0.15) is 0 Å². The molecule has 5 heteroatoms. The SMILES string of the molecule is CC(=O)Nc1ccc(C(=O)N2C[C@H](C)OC[C@H]2c2ccccc2)cc1. The van der Waals surface area contributed by atoms with Crippen molar-refractivity contribution >= 4 is 17.5 Å². The first-order valence-electron chi connectivity index (χ1n) is 8.40. The maximum atomic E-state index is 13.0. The normalized spacial score (nSPS) is 20.2. The van der Waals surface area contributed by atoms with E-state index < -0.39 is 0 Å². The molecule has 1 saturated heterocycles. The summed E-state index contributed by atoms with van der Waals surface area (Å²) in [6.45, 7) is 4.47. The Bertz CT molecular complexity index is 743. The summed E-state index contributed by atoms with van der Waals surface area (Å²) in [6.07, 6.45) is 0.00238. The lowest BCUT2D eigenvalue weighted by Gasteiger charge is -2.39. The summed E-state index contributed by atoms with van der Waals surface area (Å²) in [4.78, 5) is 26.0. The first-order chi connectivity index (χ1) is 12.0. The average Bonchev–Trinajstić information content (AvgIpc) is 2.62. The first kappa shape index (κ1) is 17.2. The molecule has 0 saturated carbocycles. The van der Waals surface area contributed by atoms with E-state index in [2.05, 4.69) is 5.32 Å². The molecule has 25 heavy (non-hydrogen) atoms. The lowest BCUT2D eigenvalue weighted by molar-refractivity contribution is -0.114. The summed E-state index contributed by atoms with van der Waals surface area (Å²) in [5.74, 6) is -0.163. The van der Waals surface area contributed by atoms with Crippen LogP contribution >= 0.6 is 0 Å². The lowest BCUT2D eigenvalue weighted by atomic mass is 10.0. The fraction of sp³-hybridized carbons (Fsp3) is 0.300. The number of rotatable bonds is 3. The highest BCUT2D eigenvalue weighted by atomic mass is 16.5. The fourth-order valence-corrected chi connectivity index (χ4v) is 3.04. The van der Waals surface area contributed by atoms with Crippen LogP contribution in [0.4, 0.5) is 5.69 Å². The highest BCUT2D eigenvalue weighted by Crippen LogP contribution is 2.28. The highest BCUT2D eigenvalue weighted by molar-refractivity contribution is 5.95. The van der Waals surface area contributed by atoms with E-state index in [0.717, 1.165) is 5.56 Å². The molecule has 2 aromatic carbocycles. The molecule has 0 aliphatic carbocycles. The monoisotopic (exact) mass is 338 g/mol. The summed E-state index contributed by atoms with van der Waals surface area (Å²) >= 11 is 0. The van der Waals surface area contributed by atoms with Gasteiger partial charge in [-0.15, -0.1) is 0 Å². The second kappa shape index (κ2) is 7.49. The predicted molar refractivity (Wildman–Crippen MR) is 96.4 cm³/mol. The Morgan fingerprint density at radius 1 is 1.08 bits per heavy atom. The van der Waals surface area contributed by atoms with Crippen LogP contribution in [0.5, 0.6) is 0 Å². The minimum absolute atomic E-state index is 0.00238. The van der Waals surface area contributed by atoms with Crippen molar-refractivity contribution in [1.29, 1.82) is 0 Å². The zero-order valence-electron chi connectivity index (χ0n) is 14.4. The lowest BCUT2D eigenvalue weighted by Crippen LogP contribution is -2.46. The first-order valence-corrected chi connectivity index (χ1v) is 8.40. The number of amides is 2. The van der Waals surface area contributed by atoms with Crippen LogP contribution in [0.25, 0.3) is 0 Å². The number of nitrogens with zero attached hydrogens (tertiary/aromatic N) is 1. The molecule has 1 heterocycles. The Balaban J connectivity index is 1.83. The molecule has 3 rings (SSSR count). The van der Waals surface area contributed by atoms with Gasteiger partial charge in [0.1, 0.15) is 0 Å². The van der Waals surface area contributed by atoms with E-state index in [1.807, 2.05) is 42.2 Å². The van der Waals surface area contributed by atoms with Crippen molar-refractivity contribution in [2.75, 3.05) is 18.5 Å². The fourth-order valence-electron chi connectivity index (χ4n) is 3.04. The van der Waals surface area contributed by atoms with Crippen LogP contribution in [0.2, 0.25) is 0 Å². The van der Waals surface area contributed by atoms with Crippen LogP contribution in [0.3, 0.4) is 0 Å². The molecule has 0 bridgehead atoms. The molecule has 0 radical (unpaired) electrons. The van der Waals surface area contributed by atoms with Crippen LogP contribution in [0, 0.1) is 0 Å². The molecule has 0 spiro atoms. The Hall–Kier alpha value is -2.66. The van der Waals surface area contributed by atoms with Gasteiger partial charge in [-0.1, -0.05) is 30.3 Å². The minimum Gasteiger partial charge on any atom is -0.374 e. The third kappa shape index (κ3) is 4.06. The number of benzene rings is 2. The maximum Gasteiger partial charge on any atom is 0.254 e. The quantitative estimate of drug-likeness (QED) is 0.934. The molecular weight excluding hydrogens is 316 g/mol. The second-order valence-corrected chi connectivity index (χ2v) is 6.29. The molecule has 2 aromatic rings. The largest absolute Gasteiger partial charge is 0.374 e. The predicted octanol–water partition coefficient (Wildman–Crippen LogP) is 3.25. The maximum absolute atomic E-state index is 13.0. The summed E-state index contributed by atoms with van der Waals surface area (Å²) in [5, 5.41) is 2.71. The van der Waals surface area contributed by atoms with Crippen molar-refractivity contribution in [1.82, 2.24) is 4.90 Å². The van der Waals surface area contributed by atoms with E-state index in [-0.39, 0.29) is 24.0 Å². The number of ether oxygens (including phenoxy) is 1. The molecule has 0 aromatic heterocycles. The molecule has 1 fully saturated rings. The number of carbonyl (C=O) groups excluding carboxylic acids is 2. The van der Waals surface area contributed by atoms with E-state index >= 15 is 0 Å². The van der Waals surface area contributed by atoms with Gasteiger partial charge < -0.3 is 15.0 Å². The van der Waals surface area contributed by atoms with Crippen LogP contribution in [-0.2, 0) is 9.53 Å². The van der Waals surface area contributed by atoms with Gasteiger partial charge in [-0.3, -0.25) is 9.59 Å². The smallest absolute Gasteiger partial charge is 0.254 e. The van der Waals surface area contributed by atoms with Crippen LogP contribution in [0.1, 0.15) is 35.8 Å². The van der Waals surface area contributed by atoms with E-state index in [0.29, 0.717) is 24.4 Å². The van der Waals surface area contributed by atoms with Crippen molar-refractivity contribution in [3.05, 3.63) is 65.7 Å². The average molecular weight is 338 g/mol. The Kier molecular flexibility index (Phi) is 5.14. The number of morpholine rings is 1. The zero-order valence-corrected chi connectivity index (χ0v) is 14.4. The van der Waals surface area contributed by atoms with Gasteiger partial charge in [0.25, 0.3) is 5.91 Å². The van der Waals surface area contributed by atoms with Gasteiger partial charge in [0, 0.05) is 24.7 Å². The Morgan fingerprint density at radius 3 is 2.40 bits per heavy atom. The molecule has 1 N–H and O–H groups in total. The van der Waals surface area contributed by atoms with Gasteiger partial charge in [0.15, 0.2) is 0 Å². The van der Waals surface area contributed by atoms with Gasteiger partial charge in [-0.25, -0.2) is 0 Å². The van der Waals surface area contributed by atoms with Crippen molar-refractivity contribution in [3.63, 3.8) is 0 Å². The van der Waals surface area contributed by atoms with E-state index in [1.165, 1.54) is 6.92 Å². The van der Waals surface area contributed by atoms with E-state index in [1.54, 1.807) is 24.3 Å². The number of hydrogen-bond donors (Lipinski definition) is 1. The summed E-state index contributed by atoms with van der Waals surface area (Å²) in [7, 11) is 0. The molecule has 0 unspecified atom stereocenters. The van der Waals surface area contributed by atoms with Crippen molar-refractivity contribution < 1.29 is 14.3 Å². The molecule has 1 aliphatic heterocycles. The van der Waals surface area contributed by atoms with Gasteiger partial charge in [0.2, 0.25) is 5.91 Å². The van der Waals surface area contributed by atoms with Crippen LogP contribution in [0.15, 0.2) is 54.6 Å². The third-order valence-electron chi connectivity index (χ3n) is 4.27. The molecule has 130 valence electrons. The Morgan fingerprint density at radius 2 is 1.76 bits per heavy atom. The van der Waals surface area contributed by atoms with Gasteiger partial charge in [0.05, 0.1) is 18.8 Å². The van der Waals surface area contributed by atoms with Crippen molar-refractivity contribution in [2.24, 2.45) is 0 Å².